The van der Waals surface area contributed by atoms with Gasteiger partial charge in [-0.1, -0.05) is 43.7 Å². The van der Waals surface area contributed by atoms with E-state index in [0.717, 1.165) is 19.0 Å². The van der Waals surface area contributed by atoms with Gasteiger partial charge in [0.05, 0.1) is 0 Å². The quantitative estimate of drug-likeness (QED) is 0.695. The van der Waals surface area contributed by atoms with Gasteiger partial charge in [0.25, 0.3) is 0 Å². The molecule has 1 nitrogen and oxygen atoms in total. The maximum absolute atomic E-state index is 3.27. The molecule has 1 fully saturated rings. The van der Waals surface area contributed by atoms with Crippen molar-refractivity contribution in [2.75, 3.05) is 13.1 Å². The summed E-state index contributed by atoms with van der Waals surface area (Å²) in [6.07, 6.45) is 0. The fraction of sp³-hybridized carbons (Fsp3) is 0.500. The summed E-state index contributed by atoms with van der Waals surface area (Å²) in [7, 11) is 0. The van der Waals surface area contributed by atoms with Gasteiger partial charge >= 0.3 is 0 Å². The normalized spacial score (nSPS) is 15.6. The predicted octanol–water partition coefficient (Wildman–Crippen LogP) is 2.71. The number of benzene rings is 1. The van der Waals surface area contributed by atoms with Crippen molar-refractivity contribution in [2.24, 2.45) is 0 Å². The smallest absolute Gasteiger partial charge is 0.00885 e. The lowest BCUT2D eigenvalue weighted by molar-refractivity contribution is 0.448. The van der Waals surface area contributed by atoms with Gasteiger partial charge in [0.2, 0.25) is 0 Å². The van der Waals surface area contributed by atoms with Crippen molar-refractivity contribution in [3.63, 3.8) is 0 Å². The average molecular weight is 177 g/mol. The zero-order valence-electron chi connectivity index (χ0n) is 8.80. The minimum Gasteiger partial charge on any atom is -0.315 e. The first-order valence-electron chi connectivity index (χ1n) is 5.13. The summed E-state index contributed by atoms with van der Waals surface area (Å²) in [6.45, 7) is 8.44. The van der Waals surface area contributed by atoms with Crippen molar-refractivity contribution in [2.45, 2.75) is 26.7 Å². The van der Waals surface area contributed by atoms with Crippen LogP contribution < -0.4 is 5.32 Å². The fourth-order valence-corrected chi connectivity index (χ4v) is 1.36. The molecule has 2 rings (SSSR count). The van der Waals surface area contributed by atoms with Crippen molar-refractivity contribution in [3.05, 3.63) is 35.4 Å². The summed E-state index contributed by atoms with van der Waals surface area (Å²) in [5.74, 6) is 0.774. The van der Waals surface area contributed by atoms with Gasteiger partial charge in [0, 0.05) is 19.0 Å². The molecule has 0 aromatic heterocycles. The third-order valence-corrected chi connectivity index (χ3v) is 2.33. The third-order valence-electron chi connectivity index (χ3n) is 2.33. The topological polar surface area (TPSA) is 12.0 Å². The van der Waals surface area contributed by atoms with Gasteiger partial charge in [-0.05, 0) is 12.5 Å². The second-order valence-corrected chi connectivity index (χ2v) is 3.27. The van der Waals surface area contributed by atoms with Crippen LogP contribution in [0.4, 0.5) is 0 Å². The van der Waals surface area contributed by atoms with Gasteiger partial charge in [-0.25, -0.2) is 0 Å². The Morgan fingerprint density at radius 1 is 1.08 bits per heavy atom. The lowest BCUT2D eigenvalue weighted by Crippen LogP contribution is -2.39. The maximum Gasteiger partial charge on any atom is 0.00885 e. The van der Waals surface area contributed by atoms with Crippen molar-refractivity contribution >= 4 is 0 Å². The van der Waals surface area contributed by atoms with Crippen molar-refractivity contribution in [1.29, 1.82) is 0 Å². The molecule has 13 heavy (non-hydrogen) atoms. The molecule has 0 atom stereocenters. The molecule has 0 saturated carbocycles. The number of hydrogen-bond donors (Lipinski definition) is 1. The number of nitrogens with one attached hydrogen (secondary N) is 1. The van der Waals surface area contributed by atoms with Gasteiger partial charge in [0.1, 0.15) is 0 Å². The van der Waals surface area contributed by atoms with E-state index in [1.54, 1.807) is 0 Å². The molecule has 1 aliphatic heterocycles. The van der Waals surface area contributed by atoms with Gasteiger partial charge in [-0.15, -0.1) is 0 Å². The predicted molar refractivity (Wildman–Crippen MR) is 58.1 cm³/mol. The van der Waals surface area contributed by atoms with Gasteiger partial charge in [0.15, 0.2) is 0 Å². The van der Waals surface area contributed by atoms with Crippen molar-refractivity contribution in [1.82, 2.24) is 5.32 Å². The largest absolute Gasteiger partial charge is 0.315 e. The molecule has 1 aromatic carbocycles. The van der Waals surface area contributed by atoms with Crippen LogP contribution in [0.15, 0.2) is 24.3 Å². The van der Waals surface area contributed by atoms with Crippen LogP contribution in [0.1, 0.15) is 30.9 Å². The van der Waals surface area contributed by atoms with E-state index < -0.39 is 0 Å². The molecule has 72 valence electrons. The molecule has 1 heteroatoms. The Kier molecular flexibility index (Phi) is 3.97. The zero-order valence-corrected chi connectivity index (χ0v) is 8.80. The summed E-state index contributed by atoms with van der Waals surface area (Å²) in [6, 6.07) is 8.85. The van der Waals surface area contributed by atoms with E-state index in [1.165, 1.54) is 11.1 Å². The number of rotatable bonds is 1. The van der Waals surface area contributed by atoms with E-state index in [1.807, 2.05) is 13.8 Å². The maximum atomic E-state index is 3.27. The highest BCUT2D eigenvalue weighted by molar-refractivity contribution is 5.26. The molecular formula is C12H19N. The molecule has 0 aliphatic carbocycles. The van der Waals surface area contributed by atoms with Crippen molar-refractivity contribution < 1.29 is 0 Å². The van der Waals surface area contributed by atoms with Crippen LogP contribution in [0.2, 0.25) is 0 Å². The van der Waals surface area contributed by atoms with Crippen LogP contribution >= 0.6 is 0 Å². The van der Waals surface area contributed by atoms with Gasteiger partial charge in [-0.2, -0.15) is 0 Å². The molecule has 1 aliphatic rings. The number of aryl methyl sites for hydroxylation is 1. The molecule has 0 spiro atoms. The summed E-state index contributed by atoms with van der Waals surface area (Å²) >= 11 is 0. The summed E-state index contributed by atoms with van der Waals surface area (Å²) in [4.78, 5) is 0. The SMILES string of the molecule is CC.Cc1ccc(C2CNC2)cc1. The highest BCUT2D eigenvalue weighted by Gasteiger charge is 2.17. The highest BCUT2D eigenvalue weighted by Crippen LogP contribution is 2.19. The average Bonchev–Trinajstić information content (AvgIpc) is 2.09. The Labute approximate surface area is 81.2 Å². The van der Waals surface area contributed by atoms with Gasteiger partial charge < -0.3 is 5.32 Å². The zero-order chi connectivity index (χ0) is 9.68. The second kappa shape index (κ2) is 5.03. The first-order chi connectivity index (χ1) is 6.36. The van der Waals surface area contributed by atoms with E-state index in [-0.39, 0.29) is 0 Å². The molecule has 0 bridgehead atoms. The van der Waals surface area contributed by atoms with Crippen LogP contribution in [-0.4, -0.2) is 13.1 Å². The van der Waals surface area contributed by atoms with Crippen molar-refractivity contribution in [3.8, 4) is 0 Å². The lowest BCUT2D eigenvalue weighted by atomic mass is 9.93. The van der Waals surface area contributed by atoms with Crippen LogP contribution in [0.3, 0.4) is 0 Å². The van der Waals surface area contributed by atoms with E-state index in [0.29, 0.717) is 0 Å². The molecule has 0 unspecified atom stereocenters. The molecule has 1 N–H and O–H groups in total. The minimum atomic E-state index is 0.774. The highest BCUT2D eigenvalue weighted by atomic mass is 14.9. The Balaban J connectivity index is 0.000000396. The minimum absolute atomic E-state index is 0.774. The summed E-state index contributed by atoms with van der Waals surface area (Å²) in [5, 5.41) is 3.27. The second-order valence-electron chi connectivity index (χ2n) is 3.27. The Hall–Kier alpha value is -0.820. The lowest BCUT2D eigenvalue weighted by Gasteiger charge is -2.27. The van der Waals surface area contributed by atoms with Gasteiger partial charge in [-0.3, -0.25) is 0 Å². The first-order valence-corrected chi connectivity index (χ1v) is 5.13. The van der Waals surface area contributed by atoms with Crippen LogP contribution in [-0.2, 0) is 0 Å². The third kappa shape index (κ3) is 2.56. The Bertz CT molecular complexity index is 234. The van der Waals surface area contributed by atoms with Crippen LogP contribution in [0.25, 0.3) is 0 Å². The standard InChI is InChI=1S/C10H13N.C2H6/c1-8-2-4-9(5-3-8)10-6-11-7-10;1-2/h2-5,10-11H,6-7H2,1H3;1-2H3. The van der Waals surface area contributed by atoms with Crippen LogP contribution in [0.5, 0.6) is 0 Å². The molecule has 0 amide bonds. The first kappa shape index (κ1) is 10.3. The molecular weight excluding hydrogens is 158 g/mol. The van der Waals surface area contributed by atoms with Crippen LogP contribution in [0, 0.1) is 6.92 Å². The van der Waals surface area contributed by atoms with E-state index in [4.69, 9.17) is 0 Å². The molecule has 1 aromatic rings. The molecule has 0 radical (unpaired) electrons. The summed E-state index contributed by atoms with van der Waals surface area (Å²) < 4.78 is 0. The molecule has 1 saturated heterocycles. The Morgan fingerprint density at radius 2 is 1.62 bits per heavy atom. The van der Waals surface area contributed by atoms with E-state index >= 15 is 0 Å². The molecule has 1 heterocycles. The Morgan fingerprint density at radius 3 is 2.00 bits per heavy atom. The fourth-order valence-electron chi connectivity index (χ4n) is 1.36. The monoisotopic (exact) mass is 177 g/mol. The van der Waals surface area contributed by atoms with E-state index in [2.05, 4.69) is 36.5 Å². The number of hydrogen-bond acceptors (Lipinski definition) is 1. The van der Waals surface area contributed by atoms with E-state index in [9.17, 15) is 0 Å². The summed E-state index contributed by atoms with van der Waals surface area (Å²) in [5.41, 5.74) is 2.83.